The third-order valence-corrected chi connectivity index (χ3v) is 6.34. The van der Waals surface area contributed by atoms with E-state index in [2.05, 4.69) is 20.4 Å². The van der Waals surface area contributed by atoms with Crippen molar-refractivity contribution in [2.75, 3.05) is 24.2 Å². The van der Waals surface area contributed by atoms with Crippen molar-refractivity contribution < 1.29 is 9.59 Å². The van der Waals surface area contributed by atoms with Crippen LogP contribution < -0.4 is 5.32 Å². The van der Waals surface area contributed by atoms with Crippen LogP contribution in [0.15, 0.2) is 59.8 Å². The minimum atomic E-state index is -0.157. The molecule has 1 amide bonds. The Balaban J connectivity index is 1.47. The van der Waals surface area contributed by atoms with Crippen molar-refractivity contribution in [1.29, 1.82) is 0 Å². The summed E-state index contributed by atoms with van der Waals surface area (Å²) in [7, 11) is 0. The van der Waals surface area contributed by atoms with Crippen LogP contribution >= 0.6 is 11.8 Å². The van der Waals surface area contributed by atoms with Crippen LogP contribution in [-0.4, -0.2) is 50.2 Å². The van der Waals surface area contributed by atoms with Crippen LogP contribution in [0.2, 0.25) is 0 Å². The molecule has 0 atom stereocenters. The molecule has 2 aromatic carbocycles. The normalized spacial score (nSPS) is 14.3. The van der Waals surface area contributed by atoms with Gasteiger partial charge in [-0.05, 0) is 57.1 Å². The Morgan fingerprint density at radius 3 is 2.53 bits per heavy atom. The van der Waals surface area contributed by atoms with Crippen LogP contribution in [0.4, 0.5) is 5.69 Å². The highest BCUT2D eigenvalue weighted by Gasteiger charge is 2.19. The van der Waals surface area contributed by atoms with Crippen molar-refractivity contribution in [2.24, 2.45) is 0 Å². The van der Waals surface area contributed by atoms with Gasteiger partial charge in [-0.3, -0.25) is 19.1 Å². The Bertz CT molecular complexity index is 1080. The quantitative estimate of drug-likeness (QED) is 0.410. The minimum Gasteiger partial charge on any atom is -0.325 e. The minimum absolute atomic E-state index is 0.0346. The summed E-state index contributed by atoms with van der Waals surface area (Å²) in [6.45, 7) is 4.40. The molecular weight excluding hydrogens is 422 g/mol. The largest absolute Gasteiger partial charge is 0.325 e. The van der Waals surface area contributed by atoms with E-state index in [0.29, 0.717) is 16.4 Å². The molecule has 3 aromatic rings. The number of amides is 1. The van der Waals surface area contributed by atoms with E-state index in [4.69, 9.17) is 0 Å². The van der Waals surface area contributed by atoms with E-state index in [9.17, 15) is 9.59 Å². The zero-order chi connectivity index (χ0) is 22.3. The lowest BCUT2D eigenvalue weighted by atomic mass is 10.1. The van der Waals surface area contributed by atoms with Crippen molar-refractivity contribution in [3.8, 4) is 5.69 Å². The zero-order valence-corrected chi connectivity index (χ0v) is 19.0. The molecule has 4 rings (SSSR count). The van der Waals surface area contributed by atoms with E-state index in [0.717, 1.165) is 31.1 Å². The number of hydrogen-bond donors (Lipinski definition) is 1. The predicted molar refractivity (Wildman–Crippen MR) is 126 cm³/mol. The second kappa shape index (κ2) is 10.6. The van der Waals surface area contributed by atoms with E-state index in [-0.39, 0.29) is 17.4 Å². The van der Waals surface area contributed by atoms with Crippen molar-refractivity contribution in [3.63, 3.8) is 0 Å². The second-order valence-electron chi connectivity index (χ2n) is 7.88. The van der Waals surface area contributed by atoms with Crippen molar-refractivity contribution in [3.05, 3.63) is 66.0 Å². The van der Waals surface area contributed by atoms with Gasteiger partial charge in [-0.1, -0.05) is 48.5 Å². The van der Waals surface area contributed by atoms with Gasteiger partial charge in [0.2, 0.25) is 5.91 Å². The van der Waals surface area contributed by atoms with E-state index >= 15 is 0 Å². The number of carbonyl (C=O) groups excluding carboxylic acids is 2. The first-order valence-corrected chi connectivity index (χ1v) is 11.8. The molecule has 2 heterocycles. The van der Waals surface area contributed by atoms with Crippen LogP contribution in [0.25, 0.3) is 5.69 Å². The van der Waals surface area contributed by atoms with Crippen LogP contribution in [-0.2, 0) is 11.3 Å². The second-order valence-corrected chi connectivity index (χ2v) is 8.82. The SMILES string of the molecule is CC(=O)c1cccc(NC(=O)CSc2nnc(CN3CCCCC3)n2-c2ccccc2)c1. The number of Topliss-reactive ketones (excluding diaryl/α,β-unsaturated/α-hetero) is 1. The lowest BCUT2D eigenvalue weighted by Gasteiger charge is -2.26. The lowest BCUT2D eigenvalue weighted by molar-refractivity contribution is -0.113. The number of hydrogen-bond acceptors (Lipinski definition) is 6. The number of nitrogens with one attached hydrogen (secondary N) is 1. The molecule has 1 aromatic heterocycles. The first-order chi connectivity index (χ1) is 15.6. The highest BCUT2D eigenvalue weighted by molar-refractivity contribution is 7.99. The van der Waals surface area contributed by atoms with Gasteiger partial charge >= 0.3 is 0 Å². The topological polar surface area (TPSA) is 80.1 Å². The highest BCUT2D eigenvalue weighted by Crippen LogP contribution is 2.24. The van der Waals surface area contributed by atoms with Gasteiger partial charge in [0.15, 0.2) is 16.8 Å². The van der Waals surface area contributed by atoms with Crippen LogP contribution in [0.5, 0.6) is 0 Å². The fourth-order valence-corrected chi connectivity index (χ4v) is 4.56. The van der Waals surface area contributed by atoms with Gasteiger partial charge in [-0.25, -0.2) is 0 Å². The molecule has 0 unspecified atom stereocenters. The number of carbonyl (C=O) groups is 2. The average Bonchev–Trinajstić information content (AvgIpc) is 3.21. The van der Waals surface area contributed by atoms with Gasteiger partial charge < -0.3 is 5.32 Å². The van der Waals surface area contributed by atoms with E-state index in [1.807, 2.05) is 34.9 Å². The Labute approximate surface area is 192 Å². The number of nitrogens with zero attached hydrogens (tertiary/aromatic N) is 4. The lowest BCUT2D eigenvalue weighted by Crippen LogP contribution is -2.30. The zero-order valence-electron chi connectivity index (χ0n) is 18.2. The maximum atomic E-state index is 12.6. The molecule has 166 valence electrons. The number of piperidine rings is 1. The fraction of sp³-hybridized carbons (Fsp3) is 0.333. The predicted octanol–water partition coefficient (Wildman–Crippen LogP) is 4.19. The maximum Gasteiger partial charge on any atom is 0.234 e. The number of para-hydroxylation sites is 1. The molecule has 0 saturated carbocycles. The van der Waals surface area contributed by atoms with Crippen LogP contribution in [0.1, 0.15) is 42.4 Å². The Morgan fingerprint density at radius 1 is 1.00 bits per heavy atom. The van der Waals surface area contributed by atoms with Crippen LogP contribution in [0.3, 0.4) is 0 Å². The Hall–Kier alpha value is -2.97. The van der Waals surface area contributed by atoms with Gasteiger partial charge in [-0.2, -0.15) is 0 Å². The van der Waals surface area contributed by atoms with Gasteiger partial charge in [0, 0.05) is 16.9 Å². The van der Waals surface area contributed by atoms with E-state index in [1.54, 1.807) is 24.3 Å². The summed E-state index contributed by atoms with van der Waals surface area (Å²) < 4.78 is 2.04. The Morgan fingerprint density at radius 2 is 1.78 bits per heavy atom. The van der Waals surface area contributed by atoms with Gasteiger partial charge in [-0.15, -0.1) is 10.2 Å². The fourth-order valence-electron chi connectivity index (χ4n) is 3.79. The first-order valence-electron chi connectivity index (χ1n) is 10.9. The monoisotopic (exact) mass is 449 g/mol. The molecule has 1 aliphatic heterocycles. The highest BCUT2D eigenvalue weighted by atomic mass is 32.2. The van der Waals surface area contributed by atoms with Crippen molar-refractivity contribution in [1.82, 2.24) is 19.7 Å². The average molecular weight is 450 g/mol. The molecule has 8 heteroatoms. The summed E-state index contributed by atoms with van der Waals surface area (Å²) in [5.74, 6) is 0.887. The molecule has 0 spiro atoms. The van der Waals surface area contributed by atoms with Gasteiger partial charge in [0.25, 0.3) is 0 Å². The molecule has 0 radical (unpaired) electrons. The number of anilines is 1. The molecule has 32 heavy (non-hydrogen) atoms. The molecule has 1 N–H and O–H groups in total. The third kappa shape index (κ3) is 5.63. The summed E-state index contributed by atoms with van der Waals surface area (Å²) in [4.78, 5) is 26.5. The number of likely N-dealkylation sites (tertiary alicyclic amines) is 1. The van der Waals surface area contributed by atoms with Crippen molar-refractivity contribution >= 4 is 29.1 Å². The van der Waals surface area contributed by atoms with E-state index < -0.39 is 0 Å². The molecule has 1 aliphatic rings. The molecule has 7 nitrogen and oxygen atoms in total. The molecule has 1 saturated heterocycles. The number of benzene rings is 2. The van der Waals surface area contributed by atoms with Crippen molar-refractivity contribution in [2.45, 2.75) is 37.9 Å². The summed E-state index contributed by atoms with van der Waals surface area (Å²) in [5.41, 5.74) is 2.17. The third-order valence-electron chi connectivity index (χ3n) is 5.41. The van der Waals surface area contributed by atoms with Crippen LogP contribution in [0, 0.1) is 0 Å². The summed E-state index contributed by atoms with van der Waals surface area (Å²) in [5, 5.41) is 12.4. The van der Waals surface area contributed by atoms with E-state index in [1.165, 1.54) is 37.9 Å². The number of ketones is 1. The molecule has 0 bridgehead atoms. The summed E-state index contributed by atoms with van der Waals surface area (Å²) in [6, 6.07) is 17.0. The standard InChI is InChI=1S/C24H27N5O2S/c1-18(30)19-9-8-10-20(15-19)25-23(31)17-32-24-27-26-22(16-28-13-6-3-7-14-28)29(24)21-11-4-2-5-12-21/h2,4-5,8-12,15H,3,6-7,13-14,16-17H2,1H3,(H,25,31). The molecular formula is C24H27N5O2S. The number of aromatic nitrogens is 3. The summed E-state index contributed by atoms with van der Waals surface area (Å²) >= 11 is 1.35. The Kier molecular flexibility index (Phi) is 7.34. The number of thioether (sulfide) groups is 1. The molecule has 1 fully saturated rings. The summed E-state index contributed by atoms with van der Waals surface area (Å²) in [6.07, 6.45) is 3.71. The smallest absolute Gasteiger partial charge is 0.234 e. The first kappa shape index (κ1) is 22.2. The maximum absolute atomic E-state index is 12.6. The molecule has 0 aliphatic carbocycles. The van der Waals surface area contributed by atoms with Gasteiger partial charge in [0.05, 0.1) is 12.3 Å². The number of rotatable bonds is 8. The van der Waals surface area contributed by atoms with Gasteiger partial charge in [0.1, 0.15) is 0 Å².